The second-order valence-corrected chi connectivity index (χ2v) is 5.54. The summed E-state index contributed by atoms with van der Waals surface area (Å²) in [7, 11) is 4.97. The maximum Gasteiger partial charge on any atom is 0.191 e. The zero-order valence-corrected chi connectivity index (χ0v) is 18.3. The second-order valence-electron chi connectivity index (χ2n) is 5.54. The third-order valence-electron chi connectivity index (χ3n) is 3.75. The van der Waals surface area contributed by atoms with Crippen LogP contribution in [0.2, 0.25) is 0 Å². The van der Waals surface area contributed by atoms with Gasteiger partial charge in [-0.2, -0.15) is 5.10 Å². The van der Waals surface area contributed by atoms with Crippen molar-refractivity contribution >= 4 is 29.9 Å². The lowest BCUT2D eigenvalue weighted by Gasteiger charge is -2.17. The predicted octanol–water partition coefficient (Wildman–Crippen LogP) is 1.24. The van der Waals surface area contributed by atoms with Crippen LogP contribution < -0.4 is 20.1 Å². The van der Waals surface area contributed by atoms with Crippen molar-refractivity contribution in [3.05, 3.63) is 35.9 Å². The molecule has 1 aromatic heterocycles. The van der Waals surface area contributed by atoms with Crippen LogP contribution in [0.1, 0.15) is 24.4 Å². The molecule has 9 nitrogen and oxygen atoms in total. The molecule has 1 atom stereocenters. The summed E-state index contributed by atoms with van der Waals surface area (Å²) >= 11 is 0. The Hall–Kier alpha value is -2.08. The zero-order chi connectivity index (χ0) is 18.9. The number of aryl methyl sites for hydroxylation is 1. The number of guanidine groups is 1. The molecule has 1 unspecified atom stereocenters. The molecule has 0 saturated heterocycles. The Balaban J connectivity index is 0.00000364. The van der Waals surface area contributed by atoms with E-state index in [-0.39, 0.29) is 30.5 Å². The van der Waals surface area contributed by atoms with E-state index < -0.39 is 6.10 Å². The van der Waals surface area contributed by atoms with E-state index in [0.717, 1.165) is 5.82 Å². The molecule has 0 amide bonds. The van der Waals surface area contributed by atoms with Gasteiger partial charge in [-0.05, 0) is 24.6 Å². The quantitative estimate of drug-likeness (QED) is 0.291. The van der Waals surface area contributed by atoms with E-state index in [1.165, 1.54) is 6.33 Å². The van der Waals surface area contributed by atoms with Crippen LogP contribution in [-0.4, -0.2) is 53.1 Å². The predicted molar refractivity (Wildman–Crippen MR) is 114 cm³/mol. The van der Waals surface area contributed by atoms with E-state index >= 15 is 0 Å². The highest BCUT2D eigenvalue weighted by atomic mass is 127. The average Bonchev–Trinajstić information content (AvgIpc) is 3.08. The SMILES string of the molecule is CCNC(=NCc1ncnn1C)NCC(O)c1cc(OC)cc(OC)c1.I. The molecule has 0 aliphatic rings. The number of aromatic nitrogens is 3. The van der Waals surface area contributed by atoms with E-state index in [4.69, 9.17) is 9.47 Å². The van der Waals surface area contributed by atoms with Gasteiger partial charge in [-0.15, -0.1) is 24.0 Å². The van der Waals surface area contributed by atoms with Crippen LogP contribution in [0.25, 0.3) is 0 Å². The molecule has 150 valence electrons. The Morgan fingerprint density at radius 1 is 1.22 bits per heavy atom. The maximum atomic E-state index is 10.5. The first-order valence-electron chi connectivity index (χ1n) is 8.33. The highest BCUT2D eigenvalue weighted by molar-refractivity contribution is 14.0. The Labute approximate surface area is 176 Å². The third-order valence-corrected chi connectivity index (χ3v) is 3.75. The van der Waals surface area contributed by atoms with Crippen LogP contribution in [0, 0.1) is 0 Å². The lowest BCUT2D eigenvalue weighted by atomic mass is 10.1. The number of aliphatic hydroxyl groups excluding tert-OH is 1. The van der Waals surface area contributed by atoms with Crippen LogP contribution in [0.5, 0.6) is 11.5 Å². The minimum absolute atomic E-state index is 0. The summed E-state index contributed by atoms with van der Waals surface area (Å²) in [6.45, 7) is 3.34. The Morgan fingerprint density at radius 2 is 1.89 bits per heavy atom. The highest BCUT2D eigenvalue weighted by Gasteiger charge is 2.12. The molecule has 3 N–H and O–H groups in total. The number of benzene rings is 1. The summed E-state index contributed by atoms with van der Waals surface area (Å²) in [5.41, 5.74) is 0.692. The van der Waals surface area contributed by atoms with Crippen molar-refractivity contribution in [3.63, 3.8) is 0 Å². The Bertz CT molecular complexity index is 715. The standard InChI is InChI=1S/C17H26N6O3.HI/c1-5-18-17(20-10-16-21-11-22-23(16)2)19-9-15(24)12-6-13(25-3)8-14(7-12)26-4;/h6-8,11,15,24H,5,9-10H2,1-4H3,(H2,18,19,20);1H. The van der Waals surface area contributed by atoms with Gasteiger partial charge >= 0.3 is 0 Å². The van der Waals surface area contributed by atoms with Gasteiger partial charge in [-0.25, -0.2) is 9.98 Å². The zero-order valence-electron chi connectivity index (χ0n) is 16.0. The van der Waals surface area contributed by atoms with Crippen LogP contribution in [0.4, 0.5) is 0 Å². The van der Waals surface area contributed by atoms with Crippen LogP contribution >= 0.6 is 24.0 Å². The highest BCUT2D eigenvalue weighted by Crippen LogP contribution is 2.26. The molecule has 27 heavy (non-hydrogen) atoms. The molecule has 0 aliphatic heterocycles. The molecule has 0 radical (unpaired) electrons. The smallest absolute Gasteiger partial charge is 0.191 e. The number of nitrogens with zero attached hydrogens (tertiary/aromatic N) is 4. The van der Waals surface area contributed by atoms with E-state index in [1.54, 1.807) is 37.1 Å². The molecule has 2 aromatic rings. The van der Waals surface area contributed by atoms with Crippen LogP contribution in [0.15, 0.2) is 29.5 Å². The van der Waals surface area contributed by atoms with Gasteiger partial charge in [0.25, 0.3) is 0 Å². The first kappa shape index (κ1) is 23.0. The normalized spacial score (nSPS) is 12.1. The molecule has 0 spiro atoms. The van der Waals surface area contributed by atoms with E-state index in [2.05, 4.69) is 25.7 Å². The Kier molecular flexibility index (Phi) is 9.86. The minimum atomic E-state index is -0.752. The summed E-state index contributed by atoms with van der Waals surface area (Å²) in [4.78, 5) is 8.60. The topological polar surface area (TPSA) is 106 Å². The molecule has 0 fully saturated rings. The number of halogens is 1. The number of hydrogen-bond donors (Lipinski definition) is 3. The average molecular weight is 490 g/mol. The number of nitrogens with one attached hydrogen (secondary N) is 2. The van der Waals surface area contributed by atoms with Gasteiger partial charge < -0.3 is 25.2 Å². The summed E-state index contributed by atoms with van der Waals surface area (Å²) in [6.07, 6.45) is 0.739. The largest absolute Gasteiger partial charge is 0.497 e. The fourth-order valence-electron chi connectivity index (χ4n) is 2.29. The lowest BCUT2D eigenvalue weighted by Crippen LogP contribution is -2.39. The molecule has 1 aromatic carbocycles. The van der Waals surface area contributed by atoms with Crippen molar-refractivity contribution in [1.29, 1.82) is 0 Å². The number of aliphatic imine (C=N–C) groups is 1. The molecule has 0 saturated carbocycles. The first-order valence-corrected chi connectivity index (χ1v) is 8.33. The first-order chi connectivity index (χ1) is 12.6. The van der Waals surface area contributed by atoms with Crippen molar-refractivity contribution in [2.24, 2.45) is 12.0 Å². The molecular formula is C17H27IN6O3. The summed E-state index contributed by atoms with van der Waals surface area (Å²) < 4.78 is 12.2. The van der Waals surface area contributed by atoms with Crippen molar-refractivity contribution < 1.29 is 14.6 Å². The van der Waals surface area contributed by atoms with Gasteiger partial charge in [0.1, 0.15) is 30.2 Å². The fraction of sp³-hybridized carbons (Fsp3) is 0.471. The molecular weight excluding hydrogens is 463 g/mol. The lowest BCUT2D eigenvalue weighted by molar-refractivity contribution is 0.180. The second kappa shape index (κ2) is 11.6. The van der Waals surface area contributed by atoms with Gasteiger partial charge in [-0.1, -0.05) is 0 Å². The monoisotopic (exact) mass is 490 g/mol. The number of hydrogen-bond acceptors (Lipinski definition) is 6. The maximum absolute atomic E-state index is 10.5. The molecule has 0 bridgehead atoms. The summed E-state index contributed by atoms with van der Waals surface area (Å²) in [5.74, 6) is 2.59. The van der Waals surface area contributed by atoms with Gasteiger partial charge in [0, 0.05) is 26.2 Å². The molecule has 2 rings (SSSR count). The van der Waals surface area contributed by atoms with Gasteiger partial charge in [0.2, 0.25) is 0 Å². The minimum Gasteiger partial charge on any atom is -0.497 e. The number of aliphatic hydroxyl groups is 1. The molecule has 10 heteroatoms. The van der Waals surface area contributed by atoms with E-state index in [0.29, 0.717) is 36.1 Å². The Morgan fingerprint density at radius 3 is 2.41 bits per heavy atom. The van der Waals surface area contributed by atoms with Crippen LogP contribution in [0.3, 0.4) is 0 Å². The van der Waals surface area contributed by atoms with Gasteiger partial charge in [0.15, 0.2) is 5.96 Å². The van der Waals surface area contributed by atoms with Crippen molar-refractivity contribution in [2.45, 2.75) is 19.6 Å². The van der Waals surface area contributed by atoms with Crippen molar-refractivity contribution in [1.82, 2.24) is 25.4 Å². The third kappa shape index (κ3) is 6.86. The van der Waals surface area contributed by atoms with Gasteiger partial charge in [0.05, 0.1) is 20.3 Å². The fourth-order valence-corrected chi connectivity index (χ4v) is 2.29. The summed E-state index contributed by atoms with van der Waals surface area (Å²) in [6, 6.07) is 5.31. The van der Waals surface area contributed by atoms with Crippen molar-refractivity contribution in [3.8, 4) is 11.5 Å². The van der Waals surface area contributed by atoms with E-state index in [9.17, 15) is 5.11 Å². The summed E-state index contributed by atoms with van der Waals surface area (Å²) in [5, 5.41) is 20.8. The molecule has 0 aliphatic carbocycles. The number of rotatable bonds is 8. The van der Waals surface area contributed by atoms with E-state index in [1.807, 2.05) is 14.0 Å². The van der Waals surface area contributed by atoms with Crippen molar-refractivity contribution in [2.75, 3.05) is 27.3 Å². The molecule has 1 heterocycles. The van der Waals surface area contributed by atoms with Gasteiger partial charge in [-0.3, -0.25) is 4.68 Å². The number of ether oxygens (including phenoxy) is 2. The van der Waals surface area contributed by atoms with Crippen LogP contribution in [-0.2, 0) is 13.6 Å². The number of methoxy groups -OCH3 is 2.